The molecule has 2 amide bonds. The lowest BCUT2D eigenvalue weighted by atomic mass is 10.2. The quantitative estimate of drug-likeness (QED) is 0.782. The number of fused-ring (bicyclic) bond motifs is 1. The Morgan fingerprint density at radius 2 is 2.04 bits per heavy atom. The molecule has 1 aromatic rings. The summed E-state index contributed by atoms with van der Waals surface area (Å²) in [5.41, 5.74) is 6.43. The Morgan fingerprint density at radius 1 is 1.27 bits per heavy atom. The first-order chi connectivity index (χ1) is 12.0. The Balaban J connectivity index is 0.00000243. The molecule has 0 spiro atoms. The third kappa shape index (κ3) is 4.38. The zero-order valence-electron chi connectivity index (χ0n) is 15.0. The number of amides is 2. The molecule has 1 fully saturated rings. The highest BCUT2D eigenvalue weighted by Gasteiger charge is 2.27. The van der Waals surface area contributed by atoms with Crippen molar-refractivity contribution >= 4 is 29.9 Å². The lowest BCUT2D eigenvalue weighted by molar-refractivity contribution is -0.134. The molecular formula is C17H25ClN4O4. The van der Waals surface area contributed by atoms with Crippen molar-refractivity contribution in [1.82, 2.24) is 9.80 Å². The zero-order valence-corrected chi connectivity index (χ0v) is 15.8. The molecule has 1 atom stereocenters. The van der Waals surface area contributed by atoms with Crippen LogP contribution in [0.25, 0.3) is 0 Å². The van der Waals surface area contributed by atoms with Crippen molar-refractivity contribution in [3.63, 3.8) is 0 Å². The van der Waals surface area contributed by atoms with Gasteiger partial charge in [0.05, 0.1) is 12.2 Å². The fourth-order valence-electron chi connectivity index (χ4n) is 2.88. The van der Waals surface area contributed by atoms with Crippen molar-refractivity contribution in [3.05, 3.63) is 18.2 Å². The van der Waals surface area contributed by atoms with Gasteiger partial charge in [-0.2, -0.15) is 0 Å². The number of nitrogens with two attached hydrogens (primary N) is 1. The molecule has 0 bridgehead atoms. The molecule has 0 aromatic heterocycles. The van der Waals surface area contributed by atoms with Crippen LogP contribution in [0.2, 0.25) is 0 Å². The van der Waals surface area contributed by atoms with Crippen LogP contribution in [0.15, 0.2) is 18.2 Å². The van der Waals surface area contributed by atoms with Crippen LogP contribution in [-0.4, -0.2) is 81.1 Å². The molecule has 0 radical (unpaired) electrons. The van der Waals surface area contributed by atoms with Gasteiger partial charge >= 0.3 is 0 Å². The molecular weight excluding hydrogens is 360 g/mol. The third-order valence-corrected chi connectivity index (χ3v) is 4.57. The summed E-state index contributed by atoms with van der Waals surface area (Å²) in [5, 5.41) is 0. The first-order valence-corrected chi connectivity index (χ1v) is 8.35. The maximum atomic E-state index is 12.1. The van der Waals surface area contributed by atoms with Crippen LogP contribution < -0.4 is 20.1 Å². The summed E-state index contributed by atoms with van der Waals surface area (Å²) in [6, 6.07) is 4.70. The Morgan fingerprint density at radius 3 is 2.77 bits per heavy atom. The van der Waals surface area contributed by atoms with Crippen LogP contribution in [0.4, 0.5) is 5.69 Å². The van der Waals surface area contributed by atoms with E-state index in [1.807, 2.05) is 13.1 Å². The summed E-state index contributed by atoms with van der Waals surface area (Å²) in [7, 11) is 3.49. The number of likely N-dealkylation sites (N-methyl/N-ethyl adjacent to an activating group) is 2. The van der Waals surface area contributed by atoms with E-state index in [2.05, 4.69) is 4.90 Å². The zero-order chi connectivity index (χ0) is 18.0. The minimum Gasteiger partial charge on any atom is -0.492 e. The molecule has 26 heavy (non-hydrogen) atoms. The lowest BCUT2D eigenvalue weighted by Crippen LogP contribution is -2.49. The van der Waals surface area contributed by atoms with E-state index in [4.69, 9.17) is 15.2 Å². The predicted molar refractivity (Wildman–Crippen MR) is 100 cm³/mol. The maximum absolute atomic E-state index is 12.1. The number of hydrogen-bond acceptors (Lipinski definition) is 6. The Labute approximate surface area is 159 Å². The summed E-state index contributed by atoms with van der Waals surface area (Å²) in [5.74, 6) is 1.20. The number of rotatable bonds is 4. The average molecular weight is 385 g/mol. The number of halogens is 1. The van der Waals surface area contributed by atoms with Gasteiger partial charge in [0.15, 0.2) is 0 Å². The van der Waals surface area contributed by atoms with Gasteiger partial charge in [-0.1, -0.05) is 0 Å². The molecule has 8 nitrogen and oxygen atoms in total. The van der Waals surface area contributed by atoms with Gasteiger partial charge in [0, 0.05) is 39.8 Å². The molecule has 9 heteroatoms. The number of hydrogen-bond donors (Lipinski definition) is 1. The summed E-state index contributed by atoms with van der Waals surface area (Å²) in [6.45, 7) is 3.31. The number of carbonyl (C=O) groups excluding carboxylic acids is 2. The van der Waals surface area contributed by atoms with E-state index in [-0.39, 0.29) is 30.8 Å². The van der Waals surface area contributed by atoms with E-state index in [0.29, 0.717) is 36.9 Å². The summed E-state index contributed by atoms with van der Waals surface area (Å²) >= 11 is 0. The van der Waals surface area contributed by atoms with Crippen LogP contribution in [0.1, 0.15) is 0 Å². The van der Waals surface area contributed by atoms with Crippen LogP contribution >= 0.6 is 12.4 Å². The third-order valence-electron chi connectivity index (χ3n) is 4.57. The van der Waals surface area contributed by atoms with Crippen molar-refractivity contribution in [2.45, 2.75) is 6.04 Å². The van der Waals surface area contributed by atoms with E-state index in [0.717, 1.165) is 13.1 Å². The molecule has 2 N–H and O–H groups in total. The average Bonchev–Trinajstić information content (AvgIpc) is 2.71. The molecule has 2 aliphatic rings. The van der Waals surface area contributed by atoms with E-state index in [1.54, 1.807) is 24.1 Å². The number of ether oxygens (including phenoxy) is 2. The second-order valence-electron chi connectivity index (χ2n) is 6.38. The minimum atomic E-state index is -0.670. The Hall–Kier alpha value is -2.03. The second kappa shape index (κ2) is 8.57. The topological polar surface area (TPSA) is 88.3 Å². The van der Waals surface area contributed by atoms with E-state index < -0.39 is 6.04 Å². The molecule has 144 valence electrons. The normalized spacial score (nSPS) is 20.8. The predicted octanol–water partition coefficient (Wildman–Crippen LogP) is -0.0563. The molecule has 2 aliphatic heterocycles. The molecule has 3 rings (SSSR count). The lowest BCUT2D eigenvalue weighted by Gasteiger charge is -2.31. The summed E-state index contributed by atoms with van der Waals surface area (Å²) in [4.78, 5) is 29.1. The number of nitrogens with zero attached hydrogens (tertiary/aromatic N) is 3. The van der Waals surface area contributed by atoms with Gasteiger partial charge < -0.3 is 25.0 Å². The number of piperazine rings is 1. The molecule has 1 saturated heterocycles. The monoisotopic (exact) mass is 384 g/mol. The minimum absolute atomic E-state index is 0. The highest BCUT2D eigenvalue weighted by molar-refractivity contribution is 5.98. The van der Waals surface area contributed by atoms with Crippen molar-refractivity contribution < 1.29 is 19.1 Å². The smallest absolute Gasteiger partial charge is 0.247 e. The highest BCUT2D eigenvalue weighted by atomic mass is 35.5. The number of carbonyl (C=O) groups is 2. The van der Waals surface area contributed by atoms with E-state index >= 15 is 0 Å². The van der Waals surface area contributed by atoms with Crippen molar-refractivity contribution in [1.29, 1.82) is 0 Å². The largest absolute Gasteiger partial charge is 0.492 e. The van der Waals surface area contributed by atoms with Gasteiger partial charge in [0.25, 0.3) is 0 Å². The van der Waals surface area contributed by atoms with Crippen LogP contribution in [0.3, 0.4) is 0 Å². The van der Waals surface area contributed by atoms with Crippen LogP contribution in [0.5, 0.6) is 11.5 Å². The Kier molecular flexibility index (Phi) is 6.69. The van der Waals surface area contributed by atoms with E-state index in [9.17, 15) is 9.59 Å². The van der Waals surface area contributed by atoms with Crippen LogP contribution in [0, 0.1) is 0 Å². The van der Waals surface area contributed by atoms with Gasteiger partial charge in [0.1, 0.15) is 30.8 Å². The molecule has 1 aromatic carbocycles. The standard InChI is InChI=1S/C17H24N4O4.ClH/c1-19-5-6-21(10-16(19)22)7-8-24-12-3-4-15-14(9-12)20(2)17(23)13(18)11-25-15;/h3-4,9,13H,5-8,10-11,18H2,1-2H3;1H/t13-;/m0./s1. The van der Waals surface area contributed by atoms with Gasteiger partial charge in [-0.25, -0.2) is 0 Å². The SMILES string of the molecule is CN1CCN(CCOc2ccc3c(c2)N(C)C(=O)[C@@H](N)CO3)CC1=O.Cl. The fourth-order valence-corrected chi connectivity index (χ4v) is 2.88. The summed E-state index contributed by atoms with van der Waals surface area (Å²) in [6.07, 6.45) is 0. The maximum Gasteiger partial charge on any atom is 0.247 e. The van der Waals surface area contributed by atoms with Gasteiger partial charge in [-0.3, -0.25) is 14.5 Å². The van der Waals surface area contributed by atoms with Crippen molar-refractivity contribution in [3.8, 4) is 11.5 Å². The fraction of sp³-hybridized carbons (Fsp3) is 0.529. The molecule has 0 saturated carbocycles. The molecule has 2 heterocycles. The second-order valence-corrected chi connectivity index (χ2v) is 6.38. The van der Waals surface area contributed by atoms with Gasteiger partial charge in [0.2, 0.25) is 11.8 Å². The van der Waals surface area contributed by atoms with Crippen molar-refractivity contribution in [2.75, 3.05) is 58.4 Å². The number of anilines is 1. The van der Waals surface area contributed by atoms with Crippen molar-refractivity contribution in [2.24, 2.45) is 5.73 Å². The molecule has 0 unspecified atom stereocenters. The van der Waals surface area contributed by atoms with E-state index in [1.165, 1.54) is 4.90 Å². The number of benzene rings is 1. The Bertz CT molecular complexity index is 672. The first-order valence-electron chi connectivity index (χ1n) is 8.35. The van der Waals surface area contributed by atoms with Gasteiger partial charge in [-0.05, 0) is 12.1 Å². The summed E-state index contributed by atoms with van der Waals surface area (Å²) < 4.78 is 11.4. The molecule has 0 aliphatic carbocycles. The first kappa shape index (κ1) is 20.3. The van der Waals surface area contributed by atoms with Crippen LogP contribution in [-0.2, 0) is 9.59 Å². The van der Waals surface area contributed by atoms with Gasteiger partial charge in [-0.15, -0.1) is 12.4 Å². The highest BCUT2D eigenvalue weighted by Crippen LogP contribution is 2.33.